The highest BCUT2D eigenvalue weighted by Gasteiger charge is 2.17. The van der Waals surface area contributed by atoms with Gasteiger partial charge in [-0.3, -0.25) is 0 Å². The minimum Gasteiger partial charge on any atom is -0.384 e. The summed E-state index contributed by atoms with van der Waals surface area (Å²) in [5, 5.41) is 14.5. The largest absolute Gasteiger partial charge is 0.384 e. The van der Waals surface area contributed by atoms with Crippen molar-refractivity contribution in [3.63, 3.8) is 0 Å². The lowest BCUT2D eigenvalue weighted by Crippen LogP contribution is -2.01. The van der Waals surface area contributed by atoms with Crippen LogP contribution in [0.25, 0.3) is 0 Å². The Kier molecular flexibility index (Phi) is 4.08. The van der Waals surface area contributed by atoms with Crippen LogP contribution in [0.2, 0.25) is 0 Å². The summed E-state index contributed by atoms with van der Waals surface area (Å²) in [4.78, 5) is 0. The maximum Gasteiger partial charge on any atom is 0.106 e. The third-order valence-electron chi connectivity index (χ3n) is 2.76. The summed E-state index contributed by atoms with van der Waals surface area (Å²) in [5.74, 6) is 0. The van der Waals surface area contributed by atoms with Crippen LogP contribution in [-0.2, 0) is 0 Å². The average molecular weight is 376 g/mol. The van der Waals surface area contributed by atoms with Crippen molar-refractivity contribution in [1.82, 2.24) is 0 Å². The Hall–Kier alpha value is -0.160. The Bertz CT molecular complexity index is 548. The van der Waals surface area contributed by atoms with Gasteiger partial charge in [0, 0.05) is 14.5 Å². The molecule has 0 saturated heterocycles. The number of thiophene rings is 1. The number of hydrogen-bond acceptors (Lipinski definition) is 2. The van der Waals surface area contributed by atoms with Crippen molar-refractivity contribution in [3.05, 3.63) is 54.1 Å². The van der Waals surface area contributed by atoms with Gasteiger partial charge in [0.25, 0.3) is 0 Å². The van der Waals surface area contributed by atoms with Crippen LogP contribution in [0, 0.1) is 13.8 Å². The predicted molar refractivity (Wildman–Crippen MR) is 79.7 cm³/mol. The number of hydrogen-bond donors (Lipinski definition) is 1. The van der Waals surface area contributed by atoms with Gasteiger partial charge in [0.1, 0.15) is 6.10 Å². The van der Waals surface area contributed by atoms with Gasteiger partial charge in [0.2, 0.25) is 0 Å². The lowest BCUT2D eigenvalue weighted by molar-refractivity contribution is 0.219. The van der Waals surface area contributed by atoms with Crippen LogP contribution in [0.1, 0.15) is 28.4 Å². The van der Waals surface area contributed by atoms with E-state index in [1.54, 1.807) is 11.3 Å². The molecule has 1 N–H and O–H groups in total. The van der Waals surface area contributed by atoms with Crippen LogP contribution < -0.4 is 0 Å². The number of halogens is 2. The van der Waals surface area contributed by atoms with Gasteiger partial charge in [0.05, 0.1) is 0 Å². The van der Waals surface area contributed by atoms with Gasteiger partial charge in [0.15, 0.2) is 0 Å². The Morgan fingerprint density at radius 1 is 1.00 bits per heavy atom. The molecule has 4 heteroatoms. The molecule has 0 bridgehead atoms. The van der Waals surface area contributed by atoms with Gasteiger partial charge in [-0.25, -0.2) is 0 Å². The molecule has 0 aliphatic rings. The third kappa shape index (κ3) is 2.65. The Balaban J connectivity index is 2.48. The minimum atomic E-state index is -0.576. The first-order chi connectivity index (χ1) is 8.00. The Labute approximate surface area is 122 Å². The Morgan fingerprint density at radius 2 is 1.71 bits per heavy atom. The van der Waals surface area contributed by atoms with Crippen molar-refractivity contribution >= 4 is 43.2 Å². The molecule has 0 radical (unpaired) electrons. The zero-order chi connectivity index (χ0) is 12.6. The fourth-order valence-corrected chi connectivity index (χ4v) is 3.59. The maximum atomic E-state index is 10.4. The number of aryl methyl sites for hydroxylation is 2. The van der Waals surface area contributed by atoms with E-state index in [2.05, 4.69) is 37.2 Å². The second-order valence-electron chi connectivity index (χ2n) is 4.04. The van der Waals surface area contributed by atoms with Crippen LogP contribution in [-0.4, -0.2) is 5.11 Å². The normalized spacial score (nSPS) is 12.8. The molecule has 0 aliphatic carbocycles. The van der Waals surface area contributed by atoms with Gasteiger partial charge in [-0.15, -0.1) is 0 Å². The molecule has 1 unspecified atom stereocenters. The van der Waals surface area contributed by atoms with E-state index in [1.165, 1.54) is 0 Å². The van der Waals surface area contributed by atoms with E-state index in [9.17, 15) is 5.11 Å². The van der Waals surface area contributed by atoms with Crippen LogP contribution >= 0.6 is 43.2 Å². The zero-order valence-electron chi connectivity index (χ0n) is 9.50. The van der Waals surface area contributed by atoms with Crippen LogP contribution in [0.5, 0.6) is 0 Å². The van der Waals surface area contributed by atoms with E-state index < -0.39 is 6.10 Å². The molecule has 0 aliphatic heterocycles. The lowest BCUT2D eigenvalue weighted by Gasteiger charge is -2.14. The summed E-state index contributed by atoms with van der Waals surface area (Å²) in [6.45, 7) is 4.05. The molecular weight excluding hydrogens is 364 g/mol. The smallest absolute Gasteiger partial charge is 0.106 e. The summed E-state index contributed by atoms with van der Waals surface area (Å²) < 4.78 is 1.96. The molecular formula is C13H12Br2OS. The van der Waals surface area contributed by atoms with Crippen molar-refractivity contribution in [1.29, 1.82) is 0 Å². The summed E-state index contributed by atoms with van der Waals surface area (Å²) in [6.07, 6.45) is -0.576. The molecule has 1 atom stereocenters. The van der Waals surface area contributed by atoms with Crippen molar-refractivity contribution < 1.29 is 5.11 Å². The predicted octanol–water partition coefficient (Wildman–Crippen LogP) is 4.97. The summed E-state index contributed by atoms with van der Waals surface area (Å²) in [6, 6.07) is 3.99. The van der Waals surface area contributed by atoms with Crippen LogP contribution in [0.4, 0.5) is 0 Å². The number of rotatable bonds is 2. The van der Waals surface area contributed by atoms with E-state index >= 15 is 0 Å². The van der Waals surface area contributed by atoms with E-state index in [1.807, 2.05) is 31.4 Å². The van der Waals surface area contributed by atoms with Crippen molar-refractivity contribution in [3.8, 4) is 0 Å². The molecule has 0 saturated carbocycles. The van der Waals surface area contributed by atoms with Crippen molar-refractivity contribution in [2.75, 3.05) is 0 Å². The SMILES string of the molecule is Cc1cc(Br)c(C(O)c2cscc2C)cc1Br. The highest BCUT2D eigenvalue weighted by atomic mass is 79.9. The van der Waals surface area contributed by atoms with E-state index in [0.29, 0.717) is 0 Å². The van der Waals surface area contributed by atoms with Gasteiger partial charge in [-0.2, -0.15) is 11.3 Å². The van der Waals surface area contributed by atoms with Crippen molar-refractivity contribution in [2.45, 2.75) is 20.0 Å². The zero-order valence-corrected chi connectivity index (χ0v) is 13.5. The highest BCUT2D eigenvalue weighted by molar-refractivity contribution is 9.11. The molecule has 2 aromatic rings. The molecule has 0 fully saturated rings. The highest BCUT2D eigenvalue weighted by Crippen LogP contribution is 2.34. The average Bonchev–Trinajstić information content (AvgIpc) is 2.69. The number of aliphatic hydroxyl groups excluding tert-OH is 1. The Morgan fingerprint density at radius 3 is 2.29 bits per heavy atom. The van der Waals surface area contributed by atoms with Gasteiger partial charge >= 0.3 is 0 Å². The number of benzene rings is 1. The standard InChI is InChI=1S/C13H12Br2OS/c1-7-3-12(15)9(4-11(7)14)13(16)10-6-17-5-8(10)2/h3-6,13,16H,1-2H3. The molecule has 1 heterocycles. The van der Waals surface area contributed by atoms with Crippen LogP contribution in [0.3, 0.4) is 0 Å². The second kappa shape index (κ2) is 5.22. The summed E-state index contributed by atoms with van der Waals surface area (Å²) in [5.41, 5.74) is 4.15. The molecule has 0 spiro atoms. The molecule has 1 aromatic carbocycles. The minimum absolute atomic E-state index is 0.576. The van der Waals surface area contributed by atoms with E-state index in [-0.39, 0.29) is 0 Å². The first kappa shape index (κ1) is 13.3. The molecule has 1 aromatic heterocycles. The van der Waals surface area contributed by atoms with Crippen molar-refractivity contribution in [2.24, 2.45) is 0 Å². The quantitative estimate of drug-likeness (QED) is 0.785. The maximum absolute atomic E-state index is 10.4. The molecule has 0 amide bonds. The molecule has 1 nitrogen and oxygen atoms in total. The fraction of sp³-hybridized carbons (Fsp3) is 0.231. The monoisotopic (exact) mass is 374 g/mol. The third-order valence-corrected chi connectivity index (χ3v) is 5.18. The van der Waals surface area contributed by atoms with E-state index in [4.69, 9.17) is 0 Å². The van der Waals surface area contributed by atoms with Gasteiger partial charge < -0.3 is 5.11 Å². The van der Waals surface area contributed by atoms with E-state index in [0.717, 1.165) is 31.2 Å². The first-order valence-electron chi connectivity index (χ1n) is 5.17. The second-order valence-corrected chi connectivity index (χ2v) is 6.49. The lowest BCUT2D eigenvalue weighted by atomic mass is 10.0. The summed E-state index contributed by atoms with van der Waals surface area (Å²) in [7, 11) is 0. The topological polar surface area (TPSA) is 20.2 Å². The van der Waals surface area contributed by atoms with Gasteiger partial charge in [-0.1, -0.05) is 31.9 Å². The molecule has 2 rings (SSSR count). The molecule has 17 heavy (non-hydrogen) atoms. The molecule has 90 valence electrons. The van der Waals surface area contributed by atoms with Crippen LogP contribution in [0.15, 0.2) is 31.8 Å². The summed E-state index contributed by atoms with van der Waals surface area (Å²) >= 11 is 8.63. The first-order valence-corrected chi connectivity index (χ1v) is 7.70. The van der Waals surface area contributed by atoms with Gasteiger partial charge in [-0.05, 0) is 53.4 Å². The fourth-order valence-electron chi connectivity index (χ4n) is 1.69. The number of aliphatic hydroxyl groups is 1.